The molecule has 0 spiro atoms. The highest BCUT2D eigenvalue weighted by atomic mass is 19.2. The predicted octanol–water partition coefficient (Wildman–Crippen LogP) is 9.47. The molecule has 376 valence electrons. The zero-order chi connectivity index (χ0) is 53.7. The quantitative estimate of drug-likeness (QED) is 0.0212. The number of carbonyl (C=O) groups is 2. The molecule has 0 radical (unpaired) electrons. The largest absolute Gasteiger partial charge is 0.418 e. The van der Waals surface area contributed by atoms with Crippen LogP contribution in [0.15, 0.2) is 91.4 Å². The highest BCUT2D eigenvalue weighted by Gasteiger charge is 2.52. The molecule has 73 heavy (non-hydrogen) atoms. The van der Waals surface area contributed by atoms with E-state index in [-0.39, 0.29) is 18.0 Å². The molecule has 8 rings (SSSR count). The third-order valence-electron chi connectivity index (χ3n) is 11.1. The van der Waals surface area contributed by atoms with Crippen molar-refractivity contribution < 1.29 is 107 Å². The van der Waals surface area contributed by atoms with Crippen LogP contribution in [0.25, 0.3) is 10.8 Å². The van der Waals surface area contributed by atoms with E-state index < -0.39 is 150 Å². The van der Waals surface area contributed by atoms with Crippen molar-refractivity contribution in [1.29, 1.82) is 0 Å². The number of ether oxygens (including phenoxy) is 1. The summed E-state index contributed by atoms with van der Waals surface area (Å²) in [7, 11) is 0. The van der Waals surface area contributed by atoms with Gasteiger partial charge in [0.25, 0.3) is 0 Å². The van der Waals surface area contributed by atoms with E-state index in [0.29, 0.717) is 11.3 Å². The number of esters is 1. The Morgan fingerprint density at radius 3 is 1.15 bits per heavy atom. The van der Waals surface area contributed by atoms with Crippen LogP contribution in [0.3, 0.4) is 0 Å². The topological polar surface area (TPSA) is 60.1 Å². The molecule has 26 heteroatoms. The molecule has 8 aromatic rings. The third kappa shape index (κ3) is 8.72. The molecule has 0 aliphatic heterocycles. The minimum absolute atomic E-state index is 0.0225. The second-order valence-corrected chi connectivity index (χ2v) is 15.1. The minimum Gasteiger partial charge on any atom is -0.418 e. The number of halogens is 20. The van der Waals surface area contributed by atoms with Gasteiger partial charge in [0.2, 0.25) is 12.3 Å². The summed E-state index contributed by atoms with van der Waals surface area (Å²) >= 11 is 0. The van der Waals surface area contributed by atoms with Crippen LogP contribution >= 0.6 is 0 Å². The molecular formula is C47H17BF20N2O3. The van der Waals surface area contributed by atoms with Gasteiger partial charge in [0, 0.05) is 5.56 Å². The molecule has 5 nitrogen and oxygen atoms in total. The van der Waals surface area contributed by atoms with Crippen LogP contribution in [0.5, 0.6) is 5.75 Å². The van der Waals surface area contributed by atoms with E-state index in [4.69, 9.17) is 4.74 Å². The molecule has 0 saturated carbocycles. The normalized spacial score (nSPS) is 11.5. The van der Waals surface area contributed by atoms with Gasteiger partial charge < -0.3 is 4.74 Å². The van der Waals surface area contributed by atoms with Gasteiger partial charge in [-0.1, -0.05) is 60.7 Å². The monoisotopic (exact) mass is 1050 g/mol. The Morgan fingerprint density at radius 2 is 0.767 bits per heavy atom. The second-order valence-electron chi connectivity index (χ2n) is 15.1. The van der Waals surface area contributed by atoms with E-state index in [0.717, 1.165) is 10.8 Å². The number of nitrogens with zero attached hydrogens (tertiary/aromatic N) is 2. The van der Waals surface area contributed by atoms with E-state index in [1.165, 1.54) is 12.4 Å². The van der Waals surface area contributed by atoms with Crippen molar-refractivity contribution in [3.05, 3.63) is 219 Å². The number of fused-ring (bicyclic) bond motifs is 1. The van der Waals surface area contributed by atoms with Gasteiger partial charge in [0.05, 0.1) is 6.20 Å². The first-order valence-corrected chi connectivity index (χ1v) is 19.8. The summed E-state index contributed by atoms with van der Waals surface area (Å²) in [5.41, 5.74) is -13.5. The lowest BCUT2D eigenvalue weighted by Crippen LogP contribution is -2.81. The third-order valence-corrected chi connectivity index (χ3v) is 11.1. The van der Waals surface area contributed by atoms with E-state index >= 15 is 35.1 Å². The predicted molar refractivity (Wildman–Crippen MR) is 213 cm³/mol. The number of benzene rings is 7. The summed E-state index contributed by atoms with van der Waals surface area (Å²) in [6.07, 6.45) is -2.68. The molecule has 0 fully saturated rings. The van der Waals surface area contributed by atoms with Gasteiger partial charge in [0.1, 0.15) is 64.6 Å². The van der Waals surface area contributed by atoms with Crippen LogP contribution in [0.1, 0.15) is 20.8 Å². The number of rotatable bonds is 9. The first-order valence-electron chi connectivity index (χ1n) is 19.8. The molecule has 0 bridgehead atoms. The van der Waals surface area contributed by atoms with Crippen molar-refractivity contribution in [1.82, 2.24) is 4.98 Å². The molecule has 1 heterocycles. The average molecular weight is 1050 g/mol. The average Bonchev–Trinajstić information content (AvgIpc) is 3.39. The number of hydrogen-bond donors (Lipinski definition) is 0. The smallest absolute Gasteiger partial charge is 0.410 e. The second kappa shape index (κ2) is 20.1. The Kier molecular flexibility index (Phi) is 14.4. The summed E-state index contributed by atoms with van der Waals surface area (Å²) in [4.78, 5) is 29.2. The number of ketones is 1. The van der Waals surface area contributed by atoms with E-state index in [2.05, 4.69) is 4.98 Å². The standard InChI is InChI=1S/C24BF20.C23H17N2O3/c26-5-1(6(27)14(35)21(42)13(5)34)25(2-7(28)15(36)22(43)16(37)8(2)29,3-9(30)17(38)23(44)18(39)10(3)31)4-11(32)19(40)24(45)20(41)12(4)33;26-22(18-7-2-1-3-8-18)16-25-13-12-24-15-21(25)23(27)28-20-11-10-17-6-4-5-9-19(17)14-20/h;1-15H,16H2/q-1;+1. The van der Waals surface area contributed by atoms with Gasteiger partial charge in [-0.2, -0.15) is 4.57 Å². The van der Waals surface area contributed by atoms with Crippen LogP contribution in [0.2, 0.25) is 0 Å². The molecule has 0 amide bonds. The Morgan fingerprint density at radius 1 is 0.425 bits per heavy atom. The van der Waals surface area contributed by atoms with Gasteiger partial charge in [-0.15, -0.1) is 21.9 Å². The highest BCUT2D eigenvalue weighted by molar-refractivity contribution is 7.20. The lowest BCUT2D eigenvalue weighted by atomic mass is 9.12. The molecule has 0 aliphatic carbocycles. The fourth-order valence-electron chi connectivity index (χ4n) is 7.83. The molecule has 7 aromatic carbocycles. The van der Waals surface area contributed by atoms with Crippen molar-refractivity contribution in [2.45, 2.75) is 6.54 Å². The Balaban J connectivity index is 0.000000237. The molecular weight excluding hydrogens is 1030 g/mol. The number of aromatic nitrogens is 2. The zero-order valence-electron chi connectivity index (χ0n) is 35.1. The number of Topliss-reactive ketones (excluding diaryl/α,β-unsaturated/α-hetero) is 1. The van der Waals surface area contributed by atoms with Crippen LogP contribution in [-0.4, -0.2) is 22.9 Å². The van der Waals surface area contributed by atoms with Gasteiger partial charge in [-0.05, 0) is 22.9 Å². The Hall–Kier alpha value is -8.32. The fourth-order valence-corrected chi connectivity index (χ4v) is 7.83. The van der Waals surface area contributed by atoms with Crippen molar-refractivity contribution >= 4 is 50.5 Å². The Labute approximate surface area is 393 Å². The fraction of sp³-hybridized carbons (Fsp3) is 0.0213. The van der Waals surface area contributed by atoms with Crippen molar-refractivity contribution in [2.24, 2.45) is 0 Å². The van der Waals surface area contributed by atoms with Crippen LogP contribution in [0.4, 0.5) is 87.8 Å². The van der Waals surface area contributed by atoms with E-state index in [1.807, 2.05) is 42.5 Å². The van der Waals surface area contributed by atoms with Crippen molar-refractivity contribution in [2.75, 3.05) is 0 Å². The number of carbonyl (C=O) groups excluding carboxylic acids is 2. The molecule has 0 atom stereocenters. The first kappa shape index (κ1) is 52.5. The molecule has 1 aromatic heterocycles. The summed E-state index contributed by atoms with van der Waals surface area (Å²) in [6.45, 7) is 0.0225. The maximum Gasteiger partial charge on any atom is 0.410 e. The molecule has 0 aliphatic rings. The van der Waals surface area contributed by atoms with Crippen LogP contribution < -0.4 is 31.2 Å². The zero-order valence-corrected chi connectivity index (χ0v) is 35.1. The number of hydrogen-bond acceptors (Lipinski definition) is 4. The summed E-state index contributed by atoms with van der Waals surface area (Å²) in [6, 6.07) is 22.2. The Bertz CT molecular complexity index is 3200. The van der Waals surface area contributed by atoms with Crippen molar-refractivity contribution in [3.63, 3.8) is 0 Å². The van der Waals surface area contributed by atoms with Crippen LogP contribution in [-0.2, 0) is 6.54 Å². The molecule has 0 N–H and O–H groups in total. The minimum atomic E-state index is -7.22. The summed E-state index contributed by atoms with van der Waals surface area (Å²) in [5.74, 6) is -71.6. The summed E-state index contributed by atoms with van der Waals surface area (Å²) in [5, 5.41) is 2.04. The highest BCUT2D eigenvalue weighted by Crippen LogP contribution is 2.31. The van der Waals surface area contributed by atoms with Gasteiger partial charge in [0.15, 0.2) is 76.0 Å². The van der Waals surface area contributed by atoms with Gasteiger partial charge in [-0.25, -0.2) is 92.6 Å². The lowest BCUT2D eigenvalue weighted by Gasteiger charge is -2.44. The van der Waals surface area contributed by atoms with Crippen molar-refractivity contribution in [3.8, 4) is 5.75 Å². The maximum absolute atomic E-state index is 15.4. The lowest BCUT2D eigenvalue weighted by molar-refractivity contribution is -0.686. The first-order chi connectivity index (χ1) is 34.4. The maximum atomic E-state index is 15.4. The van der Waals surface area contributed by atoms with Gasteiger partial charge in [-0.3, -0.25) is 9.78 Å². The van der Waals surface area contributed by atoms with Crippen LogP contribution in [0, 0.1) is 116 Å². The van der Waals surface area contributed by atoms with E-state index in [1.54, 1.807) is 41.1 Å². The SMILES string of the molecule is Fc1c(F)c(F)c([B-](c2c(F)c(F)c(F)c(F)c2F)(c2c(F)c(F)c(F)c(F)c2F)c2c(F)c(F)c(F)c(F)c2F)c(F)c1F.O=C(C[n+]1ccncc1C(=O)Oc1ccc2ccccc2c1)c1ccccc1. The summed E-state index contributed by atoms with van der Waals surface area (Å²) < 4.78 is 301. The molecule has 0 saturated heterocycles. The molecule has 0 unspecified atom stereocenters. The van der Waals surface area contributed by atoms with Gasteiger partial charge >= 0.3 is 11.7 Å². The van der Waals surface area contributed by atoms with E-state index in [9.17, 15) is 62.3 Å².